The first-order chi connectivity index (χ1) is 9.09. The Hall–Kier alpha value is -1.11. The van der Waals surface area contributed by atoms with E-state index in [0.717, 1.165) is 19.3 Å². The van der Waals surface area contributed by atoms with E-state index in [4.69, 9.17) is 10.5 Å². The molecule has 1 saturated heterocycles. The number of benzene rings is 1. The lowest BCUT2D eigenvalue weighted by atomic mass is 10.2. The van der Waals surface area contributed by atoms with Crippen molar-refractivity contribution >= 4 is 15.7 Å². The van der Waals surface area contributed by atoms with Crippen LogP contribution in [0, 0.1) is 0 Å². The van der Waals surface area contributed by atoms with Crippen LogP contribution in [0.25, 0.3) is 0 Å². The highest BCUT2D eigenvalue weighted by molar-refractivity contribution is 7.89. The summed E-state index contributed by atoms with van der Waals surface area (Å²) in [5.41, 5.74) is 6.17. The van der Waals surface area contributed by atoms with E-state index in [1.54, 1.807) is 28.6 Å². The number of anilines is 1. The molecular weight excluding hydrogens is 264 g/mol. The van der Waals surface area contributed by atoms with E-state index in [-0.39, 0.29) is 12.1 Å². The smallest absolute Gasteiger partial charge is 0.243 e. The average Bonchev–Trinajstić information content (AvgIpc) is 2.87. The predicted molar refractivity (Wildman–Crippen MR) is 72.1 cm³/mol. The van der Waals surface area contributed by atoms with Crippen molar-refractivity contribution in [3.05, 3.63) is 24.3 Å². The second-order valence-corrected chi connectivity index (χ2v) is 6.98. The first kappa shape index (κ1) is 12.9. The number of fused-ring (bicyclic) bond motifs is 1. The maximum absolute atomic E-state index is 12.7. The minimum atomic E-state index is -3.44. The fraction of sp³-hybridized carbons (Fsp3) is 0.538. The summed E-state index contributed by atoms with van der Waals surface area (Å²) in [6.45, 7) is 0.920. The van der Waals surface area contributed by atoms with Gasteiger partial charge in [-0.3, -0.25) is 0 Å². The third-order valence-corrected chi connectivity index (χ3v) is 5.86. The SMILES string of the molecule is Nc1ccc(S(=O)(=O)N2CCOC3CCCC32)cc1. The molecule has 0 aromatic heterocycles. The lowest BCUT2D eigenvalue weighted by Crippen LogP contribution is -2.51. The predicted octanol–water partition coefficient (Wildman–Crippen LogP) is 1.21. The highest BCUT2D eigenvalue weighted by Crippen LogP contribution is 2.33. The summed E-state index contributed by atoms with van der Waals surface area (Å²) in [6, 6.07) is 6.39. The van der Waals surface area contributed by atoms with Gasteiger partial charge in [-0.2, -0.15) is 4.31 Å². The van der Waals surface area contributed by atoms with Crippen LogP contribution < -0.4 is 5.73 Å². The fourth-order valence-corrected chi connectivity index (χ4v) is 4.63. The molecule has 2 atom stereocenters. The highest BCUT2D eigenvalue weighted by Gasteiger charge is 2.42. The molecule has 1 heterocycles. The molecule has 2 unspecified atom stereocenters. The summed E-state index contributed by atoms with van der Waals surface area (Å²) in [4.78, 5) is 0.314. The van der Waals surface area contributed by atoms with E-state index < -0.39 is 10.0 Å². The van der Waals surface area contributed by atoms with E-state index >= 15 is 0 Å². The second-order valence-electron chi connectivity index (χ2n) is 5.09. The second kappa shape index (κ2) is 4.77. The van der Waals surface area contributed by atoms with Gasteiger partial charge >= 0.3 is 0 Å². The Kier molecular flexibility index (Phi) is 3.24. The Balaban J connectivity index is 1.93. The third-order valence-electron chi connectivity index (χ3n) is 3.92. The van der Waals surface area contributed by atoms with Crippen LogP contribution in [-0.4, -0.2) is 38.0 Å². The maximum Gasteiger partial charge on any atom is 0.243 e. The molecule has 3 rings (SSSR count). The van der Waals surface area contributed by atoms with Crippen LogP contribution in [0.15, 0.2) is 29.2 Å². The van der Waals surface area contributed by atoms with Crippen LogP contribution in [0.3, 0.4) is 0 Å². The zero-order valence-electron chi connectivity index (χ0n) is 10.7. The molecule has 1 aliphatic heterocycles. The van der Waals surface area contributed by atoms with E-state index in [1.807, 2.05) is 0 Å². The number of nitrogens with zero attached hydrogens (tertiary/aromatic N) is 1. The average molecular weight is 282 g/mol. The third kappa shape index (κ3) is 2.24. The van der Waals surface area contributed by atoms with Crippen molar-refractivity contribution in [3.8, 4) is 0 Å². The number of hydrogen-bond acceptors (Lipinski definition) is 4. The lowest BCUT2D eigenvalue weighted by molar-refractivity contribution is -0.0241. The van der Waals surface area contributed by atoms with Gasteiger partial charge in [0.05, 0.1) is 23.6 Å². The van der Waals surface area contributed by atoms with Crippen molar-refractivity contribution < 1.29 is 13.2 Å². The molecule has 1 aromatic rings. The Bertz CT molecular complexity index is 556. The number of rotatable bonds is 2. The van der Waals surface area contributed by atoms with Gasteiger partial charge in [-0.1, -0.05) is 0 Å². The molecule has 1 aromatic carbocycles. The summed E-state index contributed by atoms with van der Waals surface area (Å²) < 4.78 is 32.6. The van der Waals surface area contributed by atoms with E-state index in [0.29, 0.717) is 23.7 Å². The van der Waals surface area contributed by atoms with Gasteiger partial charge in [0, 0.05) is 12.2 Å². The molecule has 2 aliphatic rings. The van der Waals surface area contributed by atoms with Gasteiger partial charge in [0.2, 0.25) is 10.0 Å². The van der Waals surface area contributed by atoms with E-state index in [9.17, 15) is 8.42 Å². The summed E-state index contributed by atoms with van der Waals surface area (Å²) in [7, 11) is -3.44. The standard InChI is InChI=1S/C13H18N2O3S/c14-10-4-6-11(7-5-10)19(16,17)15-8-9-18-13-3-1-2-12(13)15/h4-7,12-13H,1-3,8-9,14H2. The topological polar surface area (TPSA) is 72.6 Å². The summed E-state index contributed by atoms with van der Waals surface area (Å²) in [5.74, 6) is 0. The number of nitrogens with two attached hydrogens (primary N) is 1. The zero-order valence-corrected chi connectivity index (χ0v) is 11.5. The Morgan fingerprint density at radius 1 is 1.21 bits per heavy atom. The molecule has 0 bridgehead atoms. The number of sulfonamides is 1. The van der Waals surface area contributed by atoms with Crippen LogP contribution >= 0.6 is 0 Å². The summed E-state index contributed by atoms with van der Waals surface area (Å²) >= 11 is 0. The van der Waals surface area contributed by atoms with Crippen LogP contribution in [-0.2, 0) is 14.8 Å². The van der Waals surface area contributed by atoms with Crippen LogP contribution in [0.1, 0.15) is 19.3 Å². The van der Waals surface area contributed by atoms with Gasteiger partial charge in [-0.25, -0.2) is 8.42 Å². The fourth-order valence-electron chi connectivity index (χ4n) is 2.96. The molecule has 2 fully saturated rings. The van der Waals surface area contributed by atoms with Crippen LogP contribution in [0.2, 0.25) is 0 Å². The first-order valence-corrected chi connectivity index (χ1v) is 8.02. The largest absolute Gasteiger partial charge is 0.399 e. The van der Waals surface area contributed by atoms with Gasteiger partial charge in [-0.15, -0.1) is 0 Å². The Morgan fingerprint density at radius 2 is 1.95 bits per heavy atom. The summed E-state index contributed by atoms with van der Waals surface area (Å²) in [5, 5.41) is 0. The van der Waals surface area contributed by atoms with Gasteiger partial charge in [0.1, 0.15) is 0 Å². The number of morpholine rings is 1. The van der Waals surface area contributed by atoms with Crippen molar-refractivity contribution in [2.45, 2.75) is 36.3 Å². The molecule has 0 spiro atoms. The van der Waals surface area contributed by atoms with E-state index in [1.165, 1.54) is 0 Å². The van der Waals surface area contributed by atoms with E-state index in [2.05, 4.69) is 0 Å². The molecule has 5 nitrogen and oxygen atoms in total. The number of hydrogen-bond donors (Lipinski definition) is 1. The normalized spacial score (nSPS) is 28.2. The molecule has 6 heteroatoms. The lowest BCUT2D eigenvalue weighted by Gasteiger charge is -2.36. The highest BCUT2D eigenvalue weighted by atomic mass is 32.2. The molecule has 19 heavy (non-hydrogen) atoms. The number of nitrogen functional groups attached to an aromatic ring is 1. The molecule has 0 radical (unpaired) electrons. The van der Waals surface area contributed by atoms with Gasteiger partial charge in [0.25, 0.3) is 0 Å². The van der Waals surface area contributed by atoms with Crippen molar-refractivity contribution in [3.63, 3.8) is 0 Å². The maximum atomic E-state index is 12.7. The first-order valence-electron chi connectivity index (χ1n) is 6.58. The monoisotopic (exact) mass is 282 g/mol. The minimum Gasteiger partial charge on any atom is -0.399 e. The molecule has 1 aliphatic carbocycles. The van der Waals surface area contributed by atoms with Crippen molar-refractivity contribution in [2.75, 3.05) is 18.9 Å². The van der Waals surface area contributed by atoms with Crippen LogP contribution in [0.4, 0.5) is 5.69 Å². The quantitative estimate of drug-likeness (QED) is 0.828. The zero-order chi connectivity index (χ0) is 13.5. The van der Waals surface area contributed by atoms with Crippen molar-refractivity contribution in [1.29, 1.82) is 0 Å². The molecule has 2 N–H and O–H groups in total. The Morgan fingerprint density at radius 3 is 2.68 bits per heavy atom. The van der Waals surface area contributed by atoms with Crippen molar-refractivity contribution in [1.82, 2.24) is 4.31 Å². The van der Waals surface area contributed by atoms with Gasteiger partial charge < -0.3 is 10.5 Å². The molecular formula is C13H18N2O3S. The van der Waals surface area contributed by atoms with Gasteiger partial charge in [-0.05, 0) is 43.5 Å². The van der Waals surface area contributed by atoms with Gasteiger partial charge in [0.15, 0.2) is 0 Å². The van der Waals surface area contributed by atoms with Crippen molar-refractivity contribution in [2.24, 2.45) is 0 Å². The molecule has 104 valence electrons. The minimum absolute atomic E-state index is 0.00342. The van der Waals surface area contributed by atoms with Crippen LogP contribution in [0.5, 0.6) is 0 Å². The molecule has 0 amide bonds. The molecule has 1 saturated carbocycles. The summed E-state index contributed by atoms with van der Waals surface area (Å²) in [6.07, 6.45) is 2.94. The number of ether oxygens (including phenoxy) is 1. The Labute approximate surface area is 113 Å².